The van der Waals surface area contributed by atoms with Gasteiger partial charge in [-0.15, -0.1) is 0 Å². The number of imidazole rings is 1. The molecule has 6 heteroatoms. The van der Waals surface area contributed by atoms with E-state index < -0.39 is 0 Å². The van der Waals surface area contributed by atoms with Crippen LogP contribution in [0.4, 0.5) is 0 Å². The second kappa shape index (κ2) is 5.71. The lowest BCUT2D eigenvalue weighted by atomic mass is 10.2. The molecule has 1 amide bonds. The number of nitrogens with one attached hydrogen (secondary N) is 1. The third kappa shape index (κ3) is 3.02. The van der Waals surface area contributed by atoms with Crippen molar-refractivity contribution in [3.63, 3.8) is 0 Å². The van der Waals surface area contributed by atoms with Gasteiger partial charge in [-0.2, -0.15) is 0 Å². The van der Waals surface area contributed by atoms with Crippen molar-refractivity contribution < 1.29 is 4.79 Å². The third-order valence-electron chi connectivity index (χ3n) is 2.46. The highest BCUT2D eigenvalue weighted by Crippen LogP contribution is 2.20. The summed E-state index contributed by atoms with van der Waals surface area (Å²) in [5.74, 6) is 0.673. The molecule has 0 fully saturated rings. The number of H-pyrrole nitrogens is 1. The highest BCUT2D eigenvalue weighted by Gasteiger charge is 2.14. The van der Waals surface area contributed by atoms with Gasteiger partial charge in [0.2, 0.25) is 0 Å². The Morgan fingerprint density at radius 1 is 1.56 bits per heavy atom. The number of carbonyl (C=O) groups excluding carboxylic acids is 1. The smallest absolute Gasteiger partial charge is 0.254 e. The molecular weight excluding hydrogens is 365 g/mol. The molecule has 0 saturated heterocycles. The van der Waals surface area contributed by atoms with E-state index in [0.717, 1.165) is 9.39 Å². The number of aromatic nitrogens is 2. The van der Waals surface area contributed by atoms with Crippen LogP contribution in [-0.4, -0.2) is 27.8 Å². The highest BCUT2D eigenvalue weighted by molar-refractivity contribution is 14.1. The van der Waals surface area contributed by atoms with Crippen molar-refractivity contribution in [1.29, 1.82) is 0 Å². The lowest BCUT2D eigenvalue weighted by molar-refractivity contribution is 0.0782. The van der Waals surface area contributed by atoms with Gasteiger partial charge in [-0.25, -0.2) is 4.98 Å². The van der Waals surface area contributed by atoms with Gasteiger partial charge in [-0.1, -0.05) is 11.6 Å². The summed E-state index contributed by atoms with van der Waals surface area (Å²) < 4.78 is 0.930. The van der Waals surface area contributed by atoms with E-state index in [2.05, 4.69) is 32.6 Å². The van der Waals surface area contributed by atoms with Crippen molar-refractivity contribution in [2.45, 2.75) is 6.54 Å². The number of aromatic amines is 1. The molecular formula is C12H11ClIN3O. The van der Waals surface area contributed by atoms with Crippen LogP contribution in [0.1, 0.15) is 16.2 Å². The zero-order valence-corrected chi connectivity index (χ0v) is 12.6. The first kappa shape index (κ1) is 13.4. The highest BCUT2D eigenvalue weighted by atomic mass is 127. The van der Waals surface area contributed by atoms with Gasteiger partial charge in [-0.05, 0) is 40.8 Å². The van der Waals surface area contributed by atoms with Gasteiger partial charge in [-0.3, -0.25) is 4.79 Å². The van der Waals surface area contributed by atoms with Crippen LogP contribution >= 0.6 is 34.2 Å². The molecule has 0 unspecified atom stereocenters. The fourth-order valence-electron chi connectivity index (χ4n) is 1.53. The van der Waals surface area contributed by atoms with Crippen molar-refractivity contribution in [3.05, 3.63) is 50.6 Å². The van der Waals surface area contributed by atoms with E-state index in [1.54, 1.807) is 36.5 Å². The summed E-state index contributed by atoms with van der Waals surface area (Å²) in [5.41, 5.74) is 0.578. The van der Waals surface area contributed by atoms with Gasteiger partial charge >= 0.3 is 0 Å². The predicted molar refractivity (Wildman–Crippen MR) is 78.6 cm³/mol. The number of nitrogens with zero attached hydrogens (tertiary/aromatic N) is 2. The topological polar surface area (TPSA) is 49.0 Å². The van der Waals surface area contributed by atoms with Crippen LogP contribution in [-0.2, 0) is 6.54 Å². The maximum absolute atomic E-state index is 12.2. The quantitative estimate of drug-likeness (QED) is 0.839. The van der Waals surface area contributed by atoms with Crippen molar-refractivity contribution in [1.82, 2.24) is 14.9 Å². The van der Waals surface area contributed by atoms with E-state index in [0.29, 0.717) is 17.1 Å². The molecule has 4 nitrogen and oxygen atoms in total. The molecule has 1 heterocycles. The van der Waals surface area contributed by atoms with E-state index in [4.69, 9.17) is 11.6 Å². The minimum absolute atomic E-state index is 0.0790. The van der Waals surface area contributed by atoms with Crippen LogP contribution in [0.25, 0.3) is 0 Å². The molecule has 1 aromatic heterocycles. The number of hydrogen-bond acceptors (Lipinski definition) is 2. The lowest BCUT2D eigenvalue weighted by Gasteiger charge is -2.16. The molecule has 18 heavy (non-hydrogen) atoms. The van der Waals surface area contributed by atoms with Crippen LogP contribution in [0.5, 0.6) is 0 Å². The normalized spacial score (nSPS) is 10.4. The summed E-state index contributed by atoms with van der Waals surface area (Å²) in [4.78, 5) is 20.8. The van der Waals surface area contributed by atoms with Crippen molar-refractivity contribution in [2.75, 3.05) is 7.05 Å². The van der Waals surface area contributed by atoms with E-state index in [1.165, 1.54) is 0 Å². The van der Waals surface area contributed by atoms with Crippen molar-refractivity contribution >= 4 is 40.1 Å². The third-order valence-corrected chi connectivity index (χ3v) is 4.03. The fraction of sp³-hybridized carbons (Fsp3) is 0.167. The summed E-state index contributed by atoms with van der Waals surface area (Å²) in [5, 5.41) is 0.591. The van der Waals surface area contributed by atoms with E-state index in [-0.39, 0.29) is 5.91 Å². The van der Waals surface area contributed by atoms with Gasteiger partial charge in [0.25, 0.3) is 5.91 Å². The Hall–Kier alpha value is -1.08. The Kier molecular flexibility index (Phi) is 4.23. The van der Waals surface area contributed by atoms with Gasteiger partial charge < -0.3 is 9.88 Å². The summed E-state index contributed by atoms with van der Waals surface area (Å²) in [6.07, 6.45) is 3.39. The van der Waals surface area contributed by atoms with Gasteiger partial charge in [0, 0.05) is 28.6 Å². The maximum atomic E-state index is 12.2. The predicted octanol–water partition coefficient (Wildman–Crippen LogP) is 2.94. The summed E-state index contributed by atoms with van der Waals surface area (Å²) >= 11 is 8.14. The molecule has 0 bridgehead atoms. The zero-order valence-electron chi connectivity index (χ0n) is 9.65. The van der Waals surface area contributed by atoms with Crippen molar-refractivity contribution in [3.8, 4) is 0 Å². The first-order chi connectivity index (χ1) is 8.58. The molecule has 0 atom stereocenters. The Labute approximate surface area is 123 Å². The monoisotopic (exact) mass is 375 g/mol. The van der Waals surface area contributed by atoms with Crippen molar-refractivity contribution in [2.24, 2.45) is 0 Å². The van der Waals surface area contributed by atoms with E-state index in [9.17, 15) is 4.79 Å². The molecule has 94 valence electrons. The Morgan fingerprint density at radius 2 is 2.33 bits per heavy atom. The van der Waals surface area contributed by atoms with Crippen LogP contribution in [0.3, 0.4) is 0 Å². The number of amides is 1. The number of carbonyl (C=O) groups is 1. The average molecular weight is 376 g/mol. The Morgan fingerprint density at radius 3 is 2.94 bits per heavy atom. The number of rotatable bonds is 3. The summed E-state index contributed by atoms with van der Waals surface area (Å²) in [6, 6.07) is 5.29. The average Bonchev–Trinajstić information content (AvgIpc) is 2.84. The van der Waals surface area contributed by atoms with E-state index >= 15 is 0 Å². The Balaban J connectivity index is 2.12. The lowest BCUT2D eigenvalue weighted by Crippen LogP contribution is -2.26. The molecule has 0 spiro atoms. The van der Waals surface area contributed by atoms with Crippen LogP contribution in [0, 0.1) is 3.57 Å². The second-order valence-corrected chi connectivity index (χ2v) is 5.40. The molecule has 1 aromatic carbocycles. The van der Waals surface area contributed by atoms with E-state index in [1.807, 2.05) is 6.07 Å². The number of hydrogen-bond donors (Lipinski definition) is 1. The van der Waals surface area contributed by atoms with Crippen LogP contribution in [0.2, 0.25) is 5.02 Å². The largest absolute Gasteiger partial charge is 0.347 e. The SMILES string of the molecule is CN(Cc1ncc[nH]1)C(=O)c1ccc(I)c(Cl)c1. The van der Waals surface area contributed by atoms with Gasteiger partial charge in [0.1, 0.15) is 5.82 Å². The molecule has 0 aliphatic heterocycles. The first-order valence-corrected chi connectivity index (χ1v) is 6.72. The van der Waals surface area contributed by atoms with Gasteiger partial charge in [0.15, 0.2) is 0 Å². The molecule has 2 rings (SSSR count). The zero-order chi connectivity index (χ0) is 13.1. The molecule has 0 saturated carbocycles. The molecule has 2 aromatic rings. The standard InChI is InChI=1S/C12H11ClIN3O/c1-17(7-11-15-4-5-16-11)12(18)8-2-3-10(14)9(13)6-8/h2-6H,7H2,1H3,(H,15,16). The van der Waals surface area contributed by atoms with Gasteiger partial charge in [0.05, 0.1) is 11.6 Å². The number of halogens is 2. The van der Waals surface area contributed by atoms with Crippen LogP contribution in [0.15, 0.2) is 30.6 Å². The summed E-state index contributed by atoms with van der Waals surface area (Å²) in [7, 11) is 1.73. The second-order valence-electron chi connectivity index (χ2n) is 3.83. The Bertz CT molecular complexity index is 556. The maximum Gasteiger partial charge on any atom is 0.254 e. The minimum atomic E-state index is -0.0790. The minimum Gasteiger partial charge on any atom is -0.347 e. The summed E-state index contributed by atoms with van der Waals surface area (Å²) in [6.45, 7) is 0.440. The first-order valence-electron chi connectivity index (χ1n) is 5.26. The fourth-order valence-corrected chi connectivity index (χ4v) is 2.05. The molecule has 1 N–H and O–H groups in total. The number of benzene rings is 1. The molecule has 0 aliphatic rings. The molecule has 0 radical (unpaired) electrons. The molecule has 0 aliphatic carbocycles. The van der Waals surface area contributed by atoms with Crippen LogP contribution < -0.4 is 0 Å².